The number of hydrogen-bond acceptors (Lipinski definition) is 6. The van der Waals surface area contributed by atoms with Crippen LogP contribution in [0.1, 0.15) is 6.92 Å². The summed E-state index contributed by atoms with van der Waals surface area (Å²) in [5.41, 5.74) is 0.973. The van der Waals surface area contributed by atoms with Crippen LogP contribution in [-0.4, -0.2) is 65.8 Å². The number of aliphatic hydroxyl groups is 1. The number of fused-ring (bicyclic) bond motifs is 1. The van der Waals surface area contributed by atoms with Crippen molar-refractivity contribution in [3.63, 3.8) is 0 Å². The molecule has 118 valence electrons. The number of aliphatic hydroxyl groups excluding tert-OH is 1. The van der Waals surface area contributed by atoms with Crippen LogP contribution >= 0.6 is 0 Å². The van der Waals surface area contributed by atoms with Crippen LogP contribution in [0, 0.1) is 0 Å². The van der Waals surface area contributed by atoms with Crippen molar-refractivity contribution in [2.45, 2.75) is 6.92 Å². The molecule has 0 aliphatic carbocycles. The lowest BCUT2D eigenvalue weighted by Crippen LogP contribution is -2.47. The van der Waals surface area contributed by atoms with Gasteiger partial charge in [0.1, 0.15) is 5.82 Å². The van der Waals surface area contributed by atoms with E-state index in [1.165, 1.54) is 0 Å². The number of nitrogens with one attached hydrogen (secondary N) is 1. The Morgan fingerprint density at radius 1 is 1.14 bits per heavy atom. The molecule has 0 atom stereocenters. The lowest BCUT2D eigenvalue weighted by Gasteiger charge is -2.34. The van der Waals surface area contributed by atoms with Crippen LogP contribution in [0.3, 0.4) is 0 Å². The highest BCUT2D eigenvalue weighted by Crippen LogP contribution is 2.23. The molecule has 6 nitrogen and oxygen atoms in total. The summed E-state index contributed by atoms with van der Waals surface area (Å²) in [5.74, 6) is 1.69. The topological polar surface area (TPSA) is 64.5 Å². The molecule has 1 aliphatic heterocycles. The minimum atomic E-state index is 0.219. The number of para-hydroxylation sites is 1. The Labute approximate surface area is 130 Å². The Balaban J connectivity index is 1.85. The van der Waals surface area contributed by atoms with E-state index in [-0.39, 0.29) is 6.61 Å². The molecule has 1 aliphatic rings. The molecule has 2 N–H and O–H groups in total. The molecule has 1 saturated heterocycles. The largest absolute Gasteiger partial charge is 0.395 e. The summed E-state index contributed by atoms with van der Waals surface area (Å²) >= 11 is 0. The fourth-order valence-electron chi connectivity index (χ4n) is 2.82. The van der Waals surface area contributed by atoms with E-state index < -0.39 is 0 Å². The quantitative estimate of drug-likeness (QED) is 0.864. The third kappa shape index (κ3) is 3.13. The van der Waals surface area contributed by atoms with Crippen LogP contribution in [0.15, 0.2) is 24.3 Å². The van der Waals surface area contributed by atoms with Crippen LogP contribution in [-0.2, 0) is 0 Å². The SMILES string of the molecule is CCNc1nc(N2CCN(CCO)CC2)nc2ccccc12. The summed E-state index contributed by atoms with van der Waals surface area (Å²) in [4.78, 5) is 13.9. The van der Waals surface area contributed by atoms with Gasteiger partial charge in [-0.2, -0.15) is 4.98 Å². The molecule has 6 heteroatoms. The zero-order valence-corrected chi connectivity index (χ0v) is 13.0. The second kappa shape index (κ2) is 6.89. The first-order valence-corrected chi connectivity index (χ1v) is 7.90. The second-order valence-corrected chi connectivity index (χ2v) is 5.47. The van der Waals surface area contributed by atoms with Crippen LogP contribution in [0.25, 0.3) is 10.9 Å². The highest BCUT2D eigenvalue weighted by Gasteiger charge is 2.19. The van der Waals surface area contributed by atoms with Crippen LogP contribution in [0.2, 0.25) is 0 Å². The molecule has 0 saturated carbocycles. The van der Waals surface area contributed by atoms with Crippen molar-refractivity contribution >= 4 is 22.7 Å². The summed E-state index contributed by atoms with van der Waals surface area (Å²) in [6.45, 7) is 7.54. The Morgan fingerprint density at radius 2 is 1.91 bits per heavy atom. The number of nitrogens with zero attached hydrogens (tertiary/aromatic N) is 4. The third-order valence-electron chi connectivity index (χ3n) is 4.01. The lowest BCUT2D eigenvalue weighted by molar-refractivity contribution is 0.188. The van der Waals surface area contributed by atoms with Crippen molar-refractivity contribution in [1.82, 2.24) is 14.9 Å². The van der Waals surface area contributed by atoms with Crippen molar-refractivity contribution in [1.29, 1.82) is 0 Å². The van der Waals surface area contributed by atoms with Gasteiger partial charge in [-0.05, 0) is 19.1 Å². The van der Waals surface area contributed by atoms with E-state index in [9.17, 15) is 0 Å². The molecule has 0 radical (unpaired) electrons. The second-order valence-electron chi connectivity index (χ2n) is 5.47. The summed E-state index contributed by atoms with van der Waals surface area (Å²) in [7, 11) is 0. The maximum absolute atomic E-state index is 9.03. The van der Waals surface area contributed by atoms with Crippen molar-refractivity contribution in [2.24, 2.45) is 0 Å². The van der Waals surface area contributed by atoms with Crippen LogP contribution < -0.4 is 10.2 Å². The van der Waals surface area contributed by atoms with Gasteiger partial charge in [0.2, 0.25) is 5.95 Å². The molecule has 1 fully saturated rings. The molecule has 0 unspecified atom stereocenters. The van der Waals surface area contributed by atoms with E-state index in [1.807, 2.05) is 18.2 Å². The minimum absolute atomic E-state index is 0.219. The van der Waals surface area contributed by atoms with Crippen molar-refractivity contribution in [3.05, 3.63) is 24.3 Å². The molecule has 0 spiro atoms. The smallest absolute Gasteiger partial charge is 0.227 e. The molecule has 0 amide bonds. The number of rotatable bonds is 5. The number of hydrogen-bond donors (Lipinski definition) is 2. The molecule has 3 rings (SSSR count). The molecular formula is C16H23N5O. The molecule has 0 bridgehead atoms. The monoisotopic (exact) mass is 301 g/mol. The molecule has 2 heterocycles. The van der Waals surface area contributed by atoms with E-state index >= 15 is 0 Å². The zero-order valence-electron chi connectivity index (χ0n) is 13.0. The Bertz CT molecular complexity index is 625. The summed E-state index contributed by atoms with van der Waals surface area (Å²) in [6, 6.07) is 8.10. The van der Waals surface area contributed by atoms with Gasteiger partial charge in [0.15, 0.2) is 0 Å². The standard InChI is InChI=1S/C16H23N5O/c1-2-17-15-13-5-3-4-6-14(13)18-16(19-15)21-9-7-20(8-10-21)11-12-22/h3-6,22H,2,7-12H2,1H3,(H,17,18,19). The van der Waals surface area contributed by atoms with Gasteiger partial charge < -0.3 is 15.3 Å². The average molecular weight is 301 g/mol. The molecule has 2 aromatic rings. The first-order chi connectivity index (χ1) is 10.8. The Kier molecular flexibility index (Phi) is 4.70. The van der Waals surface area contributed by atoms with Crippen LogP contribution in [0.5, 0.6) is 0 Å². The van der Waals surface area contributed by atoms with Gasteiger partial charge in [0.05, 0.1) is 12.1 Å². The van der Waals surface area contributed by atoms with Gasteiger partial charge in [0, 0.05) is 44.7 Å². The number of aromatic nitrogens is 2. The molecule has 1 aromatic heterocycles. The van der Waals surface area contributed by atoms with Crippen molar-refractivity contribution in [2.75, 3.05) is 56.1 Å². The fraction of sp³-hybridized carbons (Fsp3) is 0.500. The Morgan fingerprint density at radius 3 is 2.64 bits per heavy atom. The van der Waals surface area contributed by atoms with Gasteiger partial charge in [-0.3, -0.25) is 4.90 Å². The maximum Gasteiger partial charge on any atom is 0.227 e. The summed E-state index contributed by atoms with van der Waals surface area (Å²) in [5, 5.41) is 13.4. The molecular weight excluding hydrogens is 278 g/mol. The van der Waals surface area contributed by atoms with E-state index in [0.717, 1.165) is 61.9 Å². The van der Waals surface area contributed by atoms with Gasteiger partial charge in [-0.15, -0.1) is 0 Å². The summed E-state index contributed by atoms with van der Waals surface area (Å²) < 4.78 is 0. The van der Waals surface area contributed by atoms with Gasteiger partial charge >= 0.3 is 0 Å². The summed E-state index contributed by atoms with van der Waals surface area (Å²) in [6.07, 6.45) is 0. The third-order valence-corrected chi connectivity index (χ3v) is 4.01. The first kappa shape index (κ1) is 15.0. The molecule has 1 aromatic carbocycles. The zero-order chi connectivity index (χ0) is 15.4. The van der Waals surface area contributed by atoms with E-state index in [1.54, 1.807) is 0 Å². The number of piperazine rings is 1. The normalized spacial score (nSPS) is 16.2. The highest BCUT2D eigenvalue weighted by atomic mass is 16.3. The maximum atomic E-state index is 9.03. The lowest BCUT2D eigenvalue weighted by atomic mass is 10.2. The van der Waals surface area contributed by atoms with E-state index in [0.29, 0.717) is 0 Å². The highest BCUT2D eigenvalue weighted by molar-refractivity contribution is 5.90. The van der Waals surface area contributed by atoms with E-state index in [2.05, 4.69) is 28.1 Å². The van der Waals surface area contributed by atoms with Crippen molar-refractivity contribution < 1.29 is 5.11 Å². The fourth-order valence-corrected chi connectivity index (χ4v) is 2.82. The molecule has 22 heavy (non-hydrogen) atoms. The Hall–Kier alpha value is -1.92. The number of benzene rings is 1. The minimum Gasteiger partial charge on any atom is -0.395 e. The number of β-amino-alcohol motifs (C(OH)–C–C–N with tert-alkyl or cyclic N) is 1. The first-order valence-electron chi connectivity index (χ1n) is 7.90. The van der Waals surface area contributed by atoms with Gasteiger partial charge in [0.25, 0.3) is 0 Å². The van der Waals surface area contributed by atoms with E-state index in [4.69, 9.17) is 15.1 Å². The number of anilines is 2. The predicted molar refractivity (Wildman–Crippen MR) is 89.4 cm³/mol. The van der Waals surface area contributed by atoms with Crippen LogP contribution in [0.4, 0.5) is 11.8 Å². The average Bonchev–Trinajstić information content (AvgIpc) is 2.56. The predicted octanol–water partition coefficient (Wildman–Crippen LogP) is 1.18. The van der Waals surface area contributed by atoms with Crippen molar-refractivity contribution in [3.8, 4) is 0 Å². The van der Waals surface area contributed by atoms with Gasteiger partial charge in [-0.25, -0.2) is 4.98 Å². The van der Waals surface area contributed by atoms with Gasteiger partial charge in [-0.1, -0.05) is 12.1 Å².